The Morgan fingerprint density at radius 3 is 2.96 bits per heavy atom. The van der Waals surface area contributed by atoms with Crippen LogP contribution in [0.15, 0.2) is 35.7 Å². The zero-order chi connectivity index (χ0) is 17.1. The van der Waals surface area contributed by atoms with Crippen LogP contribution in [0.4, 0.5) is 5.69 Å². The number of aryl methyl sites for hydroxylation is 1. The normalized spacial score (nSPS) is 17.0. The Kier molecular flexibility index (Phi) is 4.80. The van der Waals surface area contributed by atoms with Crippen LogP contribution in [-0.2, 0) is 4.79 Å². The first-order valence-corrected chi connectivity index (χ1v) is 8.65. The summed E-state index contributed by atoms with van der Waals surface area (Å²) in [6, 6.07) is 8.71. The molecule has 0 bridgehead atoms. The first kappa shape index (κ1) is 16.4. The third-order valence-electron chi connectivity index (χ3n) is 4.17. The summed E-state index contributed by atoms with van der Waals surface area (Å²) in [5.41, 5.74) is 0.563. The molecule has 1 unspecified atom stereocenters. The molecule has 0 N–H and O–H groups in total. The molecule has 126 valence electrons. The van der Waals surface area contributed by atoms with Gasteiger partial charge in [-0.3, -0.25) is 14.9 Å². The van der Waals surface area contributed by atoms with E-state index in [1.807, 2.05) is 16.3 Å². The predicted molar refractivity (Wildman–Crippen MR) is 91.3 cm³/mol. The summed E-state index contributed by atoms with van der Waals surface area (Å²) in [7, 11) is 0. The van der Waals surface area contributed by atoms with Crippen LogP contribution in [0.25, 0.3) is 0 Å². The van der Waals surface area contributed by atoms with Crippen molar-refractivity contribution < 1.29 is 14.5 Å². The SMILES string of the molecule is Cc1cc(OCC(=O)N2CCCC2c2cccs2)ccc1[N+](=O)[O-]. The van der Waals surface area contributed by atoms with Crippen LogP contribution in [-0.4, -0.2) is 28.9 Å². The number of amides is 1. The smallest absolute Gasteiger partial charge is 0.272 e. The van der Waals surface area contributed by atoms with E-state index in [0.29, 0.717) is 11.3 Å². The van der Waals surface area contributed by atoms with Crippen LogP contribution in [0.2, 0.25) is 0 Å². The van der Waals surface area contributed by atoms with Gasteiger partial charge in [0.1, 0.15) is 5.75 Å². The van der Waals surface area contributed by atoms with Crippen LogP contribution >= 0.6 is 11.3 Å². The van der Waals surface area contributed by atoms with Crippen molar-refractivity contribution in [1.29, 1.82) is 0 Å². The Bertz CT molecular complexity index is 745. The van der Waals surface area contributed by atoms with Crippen molar-refractivity contribution in [1.82, 2.24) is 4.90 Å². The van der Waals surface area contributed by atoms with E-state index in [1.54, 1.807) is 24.3 Å². The van der Waals surface area contributed by atoms with Gasteiger partial charge in [-0.15, -0.1) is 11.3 Å². The first-order valence-electron chi connectivity index (χ1n) is 7.77. The van der Waals surface area contributed by atoms with Gasteiger partial charge in [-0.2, -0.15) is 0 Å². The number of ether oxygens (including phenoxy) is 1. The van der Waals surface area contributed by atoms with Crippen molar-refractivity contribution in [2.75, 3.05) is 13.2 Å². The average Bonchev–Trinajstić information content (AvgIpc) is 3.22. The minimum Gasteiger partial charge on any atom is -0.484 e. The van der Waals surface area contributed by atoms with E-state index in [1.165, 1.54) is 17.0 Å². The molecule has 2 aromatic rings. The molecule has 1 aromatic carbocycles. The summed E-state index contributed by atoms with van der Waals surface area (Å²) >= 11 is 1.66. The molecule has 7 heteroatoms. The summed E-state index contributed by atoms with van der Waals surface area (Å²) in [6.07, 6.45) is 1.97. The topological polar surface area (TPSA) is 72.7 Å². The highest BCUT2D eigenvalue weighted by Gasteiger charge is 2.30. The van der Waals surface area contributed by atoms with Gasteiger partial charge in [-0.1, -0.05) is 6.07 Å². The lowest BCUT2D eigenvalue weighted by Crippen LogP contribution is -2.34. The fourth-order valence-corrected chi connectivity index (χ4v) is 3.87. The summed E-state index contributed by atoms with van der Waals surface area (Å²) < 4.78 is 5.55. The number of thiophene rings is 1. The fraction of sp³-hybridized carbons (Fsp3) is 0.353. The highest BCUT2D eigenvalue weighted by molar-refractivity contribution is 7.10. The fourth-order valence-electron chi connectivity index (χ4n) is 2.99. The Morgan fingerprint density at radius 2 is 2.29 bits per heavy atom. The summed E-state index contributed by atoms with van der Waals surface area (Å²) in [4.78, 5) is 25.9. The quantitative estimate of drug-likeness (QED) is 0.611. The maximum atomic E-state index is 12.5. The molecule has 6 nitrogen and oxygen atoms in total. The number of carbonyl (C=O) groups excluding carboxylic acids is 1. The van der Waals surface area contributed by atoms with Crippen molar-refractivity contribution in [3.63, 3.8) is 0 Å². The number of nitro groups is 1. The number of hydrogen-bond donors (Lipinski definition) is 0. The molecule has 3 rings (SSSR count). The lowest BCUT2D eigenvalue weighted by molar-refractivity contribution is -0.385. The Morgan fingerprint density at radius 1 is 1.46 bits per heavy atom. The number of carbonyl (C=O) groups is 1. The van der Waals surface area contributed by atoms with E-state index < -0.39 is 4.92 Å². The highest BCUT2D eigenvalue weighted by Crippen LogP contribution is 2.34. The number of likely N-dealkylation sites (tertiary alicyclic amines) is 1. The van der Waals surface area contributed by atoms with Crippen molar-refractivity contribution in [2.45, 2.75) is 25.8 Å². The molecule has 2 heterocycles. The minimum absolute atomic E-state index is 0.0472. The molecular formula is C17H18N2O4S. The monoisotopic (exact) mass is 346 g/mol. The zero-order valence-corrected chi connectivity index (χ0v) is 14.1. The summed E-state index contributed by atoms with van der Waals surface area (Å²) in [6.45, 7) is 2.34. The van der Waals surface area contributed by atoms with E-state index in [0.717, 1.165) is 19.4 Å². The number of nitrogens with zero attached hydrogens (tertiary/aromatic N) is 2. The Labute approximate surface area is 143 Å². The lowest BCUT2D eigenvalue weighted by atomic mass is 10.2. The molecule has 1 amide bonds. The maximum Gasteiger partial charge on any atom is 0.272 e. The van der Waals surface area contributed by atoms with E-state index in [-0.39, 0.29) is 24.2 Å². The molecular weight excluding hydrogens is 328 g/mol. The molecule has 1 aromatic heterocycles. The van der Waals surface area contributed by atoms with E-state index in [9.17, 15) is 14.9 Å². The van der Waals surface area contributed by atoms with Gasteiger partial charge in [0.05, 0.1) is 11.0 Å². The number of hydrogen-bond acceptors (Lipinski definition) is 5. The van der Waals surface area contributed by atoms with E-state index in [4.69, 9.17) is 4.74 Å². The molecule has 1 saturated heterocycles. The van der Waals surface area contributed by atoms with E-state index in [2.05, 4.69) is 6.07 Å². The van der Waals surface area contributed by atoms with Gasteiger partial charge in [-0.25, -0.2) is 0 Å². The molecule has 24 heavy (non-hydrogen) atoms. The largest absolute Gasteiger partial charge is 0.484 e. The van der Waals surface area contributed by atoms with Gasteiger partial charge >= 0.3 is 0 Å². The molecule has 0 saturated carbocycles. The van der Waals surface area contributed by atoms with Crippen LogP contribution in [0.5, 0.6) is 5.75 Å². The molecule has 1 aliphatic heterocycles. The summed E-state index contributed by atoms with van der Waals surface area (Å²) in [5, 5.41) is 12.8. The van der Waals surface area contributed by atoms with Gasteiger partial charge in [-0.05, 0) is 43.3 Å². The number of rotatable bonds is 5. The third-order valence-corrected chi connectivity index (χ3v) is 5.15. The maximum absolute atomic E-state index is 12.5. The standard InChI is InChI=1S/C17H18N2O4S/c1-12-10-13(6-7-14(12)19(21)22)23-11-17(20)18-8-2-4-15(18)16-5-3-9-24-16/h3,5-7,9-10,15H,2,4,8,11H2,1H3. The molecule has 0 spiro atoms. The van der Waals surface area contributed by atoms with Crippen LogP contribution in [0.3, 0.4) is 0 Å². The second kappa shape index (κ2) is 7.00. The van der Waals surface area contributed by atoms with Gasteiger partial charge in [0.25, 0.3) is 11.6 Å². The van der Waals surface area contributed by atoms with Crippen molar-refractivity contribution in [2.24, 2.45) is 0 Å². The molecule has 1 fully saturated rings. The number of nitro benzene ring substituents is 1. The Balaban J connectivity index is 1.63. The van der Waals surface area contributed by atoms with Crippen molar-refractivity contribution in [3.8, 4) is 5.75 Å². The van der Waals surface area contributed by atoms with E-state index >= 15 is 0 Å². The third kappa shape index (κ3) is 3.41. The average molecular weight is 346 g/mol. The van der Waals surface area contributed by atoms with Crippen molar-refractivity contribution in [3.05, 3.63) is 56.3 Å². The molecule has 0 aliphatic carbocycles. The van der Waals surface area contributed by atoms with Crippen molar-refractivity contribution >= 4 is 22.9 Å². The van der Waals surface area contributed by atoms with Crippen LogP contribution in [0, 0.1) is 17.0 Å². The molecule has 1 aliphatic rings. The second-order valence-corrected chi connectivity index (χ2v) is 6.73. The predicted octanol–water partition coefficient (Wildman–Crippen LogP) is 3.71. The Hall–Kier alpha value is -2.41. The second-order valence-electron chi connectivity index (χ2n) is 5.75. The van der Waals surface area contributed by atoms with Gasteiger partial charge in [0, 0.05) is 23.1 Å². The molecule has 0 radical (unpaired) electrons. The molecule has 1 atom stereocenters. The zero-order valence-electron chi connectivity index (χ0n) is 13.3. The number of benzene rings is 1. The minimum atomic E-state index is -0.430. The summed E-state index contributed by atoms with van der Waals surface area (Å²) in [5.74, 6) is 0.417. The van der Waals surface area contributed by atoms with Gasteiger partial charge in [0.15, 0.2) is 6.61 Å². The van der Waals surface area contributed by atoms with Crippen LogP contribution < -0.4 is 4.74 Å². The van der Waals surface area contributed by atoms with Crippen LogP contribution in [0.1, 0.15) is 29.3 Å². The van der Waals surface area contributed by atoms with Gasteiger partial charge < -0.3 is 9.64 Å². The highest BCUT2D eigenvalue weighted by atomic mass is 32.1. The lowest BCUT2D eigenvalue weighted by Gasteiger charge is -2.24. The van der Waals surface area contributed by atoms with Gasteiger partial charge in [0.2, 0.25) is 0 Å². The first-order chi connectivity index (χ1) is 11.6.